The van der Waals surface area contributed by atoms with Crippen LogP contribution < -0.4 is 19.5 Å². The van der Waals surface area contributed by atoms with Gasteiger partial charge in [0.15, 0.2) is 11.5 Å². The molecule has 0 atom stereocenters. The largest absolute Gasteiger partial charge is 0.497 e. The number of ether oxygens (including phenoxy) is 3. The molecule has 0 unspecified atom stereocenters. The molecule has 118 valence electrons. The molecule has 1 N–H and O–H groups in total. The first kappa shape index (κ1) is 16.5. The van der Waals surface area contributed by atoms with Crippen molar-refractivity contribution in [3.05, 3.63) is 46.4 Å². The number of benzene rings is 2. The molecule has 0 radical (unpaired) electrons. The molecule has 0 saturated carbocycles. The summed E-state index contributed by atoms with van der Waals surface area (Å²) in [6.45, 7) is 3.23. The second kappa shape index (κ2) is 7.94. The summed E-state index contributed by atoms with van der Waals surface area (Å²) in [6.07, 6.45) is 0. The van der Waals surface area contributed by atoms with Crippen LogP contribution in [0.25, 0.3) is 0 Å². The third-order valence-electron chi connectivity index (χ3n) is 3.16. The van der Waals surface area contributed by atoms with E-state index >= 15 is 0 Å². The van der Waals surface area contributed by atoms with Crippen molar-refractivity contribution in [3.63, 3.8) is 0 Å². The van der Waals surface area contributed by atoms with Crippen LogP contribution in [0, 0.1) is 0 Å². The van der Waals surface area contributed by atoms with Crippen LogP contribution in [-0.2, 0) is 6.54 Å². The zero-order chi connectivity index (χ0) is 15.9. The number of rotatable bonds is 7. The minimum Gasteiger partial charge on any atom is -0.497 e. The number of hydrogen-bond donors (Lipinski definition) is 1. The normalized spacial score (nSPS) is 10.2. The maximum Gasteiger partial charge on any atom is 0.175 e. The first-order valence-corrected chi connectivity index (χ1v) is 7.84. The van der Waals surface area contributed by atoms with Crippen LogP contribution >= 0.6 is 15.9 Å². The summed E-state index contributed by atoms with van der Waals surface area (Å²) in [7, 11) is 3.30. The van der Waals surface area contributed by atoms with Gasteiger partial charge in [0.05, 0.1) is 25.3 Å². The summed E-state index contributed by atoms with van der Waals surface area (Å²) in [6, 6.07) is 11.8. The fourth-order valence-corrected chi connectivity index (χ4v) is 2.68. The van der Waals surface area contributed by atoms with E-state index in [4.69, 9.17) is 14.2 Å². The maximum atomic E-state index is 5.60. The Balaban J connectivity index is 2.10. The molecule has 2 aromatic rings. The van der Waals surface area contributed by atoms with Gasteiger partial charge in [-0.25, -0.2) is 0 Å². The lowest BCUT2D eigenvalue weighted by atomic mass is 10.2. The van der Waals surface area contributed by atoms with E-state index in [1.54, 1.807) is 14.2 Å². The number of halogens is 1. The van der Waals surface area contributed by atoms with Crippen molar-refractivity contribution in [1.29, 1.82) is 0 Å². The van der Waals surface area contributed by atoms with Gasteiger partial charge >= 0.3 is 0 Å². The molecule has 0 amide bonds. The molecule has 0 bridgehead atoms. The highest BCUT2D eigenvalue weighted by atomic mass is 79.9. The van der Waals surface area contributed by atoms with Gasteiger partial charge in [-0.05, 0) is 64.8 Å². The van der Waals surface area contributed by atoms with E-state index in [0.29, 0.717) is 13.2 Å². The second-order valence-corrected chi connectivity index (χ2v) is 5.48. The lowest BCUT2D eigenvalue weighted by Crippen LogP contribution is -2.02. The first-order valence-electron chi connectivity index (χ1n) is 7.05. The molecule has 0 aromatic heterocycles. The fourth-order valence-electron chi connectivity index (χ4n) is 2.07. The van der Waals surface area contributed by atoms with Gasteiger partial charge < -0.3 is 19.5 Å². The van der Waals surface area contributed by atoms with Gasteiger partial charge in [-0.15, -0.1) is 0 Å². The van der Waals surface area contributed by atoms with Crippen molar-refractivity contribution < 1.29 is 14.2 Å². The Bertz CT molecular complexity index is 614. The molecule has 5 heteroatoms. The molecule has 0 aliphatic carbocycles. The number of methoxy groups -OCH3 is 2. The van der Waals surface area contributed by atoms with Crippen LogP contribution in [-0.4, -0.2) is 20.8 Å². The van der Waals surface area contributed by atoms with Crippen LogP contribution in [0.2, 0.25) is 0 Å². The second-order valence-electron chi connectivity index (χ2n) is 4.62. The smallest absolute Gasteiger partial charge is 0.175 e. The third-order valence-corrected chi connectivity index (χ3v) is 3.75. The average Bonchev–Trinajstić information content (AvgIpc) is 2.55. The van der Waals surface area contributed by atoms with Crippen LogP contribution in [0.1, 0.15) is 12.5 Å². The quantitative estimate of drug-likeness (QED) is 0.785. The first-order chi connectivity index (χ1) is 10.7. The Kier molecular flexibility index (Phi) is 5.95. The molecule has 0 aliphatic rings. The highest BCUT2D eigenvalue weighted by Crippen LogP contribution is 2.36. The van der Waals surface area contributed by atoms with E-state index in [0.717, 1.165) is 33.0 Å². The van der Waals surface area contributed by atoms with Gasteiger partial charge in [0, 0.05) is 12.2 Å². The molecule has 22 heavy (non-hydrogen) atoms. The molecule has 2 rings (SSSR count). The summed E-state index contributed by atoms with van der Waals surface area (Å²) in [5.41, 5.74) is 2.13. The highest BCUT2D eigenvalue weighted by molar-refractivity contribution is 9.10. The van der Waals surface area contributed by atoms with Crippen LogP contribution in [0.5, 0.6) is 17.2 Å². The van der Waals surface area contributed by atoms with Crippen LogP contribution in [0.4, 0.5) is 5.69 Å². The highest BCUT2D eigenvalue weighted by Gasteiger charge is 2.11. The Morgan fingerprint density at radius 1 is 1.05 bits per heavy atom. The minimum absolute atomic E-state index is 0.596. The molecular weight excluding hydrogens is 346 g/mol. The molecule has 0 saturated heterocycles. The maximum absolute atomic E-state index is 5.60. The Morgan fingerprint density at radius 3 is 2.36 bits per heavy atom. The summed E-state index contributed by atoms with van der Waals surface area (Å²) in [5, 5.41) is 3.37. The fraction of sp³-hybridized carbons (Fsp3) is 0.294. The standard InChI is InChI=1S/C17H20BrNO3/c1-4-22-17-15(18)9-12(10-16(17)21-3)11-19-13-5-7-14(20-2)8-6-13/h5-10,19H,4,11H2,1-3H3. The average molecular weight is 366 g/mol. The van der Waals surface area contributed by atoms with E-state index in [-0.39, 0.29) is 0 Å². The molecule has 0 heterocycles. The van der Waals surface area contributed by atoms with E-state index in [1.807, 2.05) is 43.3 Å². The van der Waals surface area contributed by atoms with Gasteiger partial charge in [-0.1, -0.05) is 0 Å². The third kappa shape index (κ3) is 4.07. The molecule has 0 aliphatic heterocycles. The molecule has 0 spiro atoms. The van der Waals surface area contributed by atoms with Gasteiger partial charge in [-0.3, -0.25) is 0 Å². The van der Waals surface area contributed by atoms with Gasteiger partial charge in [-0.2, -0.15) is 0 Å². The number of hydrogen-bond acceptors (Lipinski definition) is 4. The monoisotopic (exact) mass is 365 g/mol. The number of anilines is 1. The molecule has 0 fully saturated rings. The van der Waals surface area contributed by atoms with Crippen molar-refractivity contribution in [1.82, 2.24) is 0 Å². The Hall–Kier alpha value is -1.88. The van der Waals surface area contributed by atoms with Crippen molar-refractivity contribution in [3.8, 4) is 17.2 Å². The molecule has 4 nitrogen and oxygen atoms in total. The van der Waals surface area contributed by atoms with Crippen molar-refractivity contribution in [2.75, 3.05) is 26.1 Å². The topological polar surface area (TPSA) is 39.7 Å². The lowest BCUT2D eigenvalue weighted by Gasteiger charge is -2.14. The predicted octanol–water partition coefficient (Wildman–Crippen LogP) is 4.48. The zero-order valence-electron chi connectivity index (χ0n) is 13.0. The summed E-state index contributed by atoms with van der Waals surface area (Å²) in [4.78, 5) is 0. The van der Waals surface area contributed by atoms with Crippen molar-refractivity contribution in [2.24, 2.45) is 0 Å². The van der Waals surface area contributed by atoms with Crippen molar-refractivity contribution in [2.45, 2.75) is 13.5 Å². The van der Waals surface area contributed by atoms with Gasteiger partial charge in [0.25, 0.3) is 0 Å². The zero-order valence-corrected chi connectivity index (χ0v) is 14.6. The Labute approximate surface area is 139 Å². The SMILES string of the molecule is CCOc1c(Br)cc(CNc2ccc(OC)cc2)cc1OC. The lowest BCUT2D eigenvalue weighted by molar-refractivity contribution is 0.308. The summed E-state index contributed by atoms with van der Waals surface area (Å²) >= 11 is 3.54. The summed E-state index contributed by atoms with van der Waals surface area (Å²) < 4.78 is 17.0. The Morgan fingerprint density at radius 2 is 1.77 bits per heavy atom. The predicted molar refractivity (Wildman–Crippen MR) is 92.2 cm³/mol. The van der Waals surface area contributed by atoms with Crippen LogP contribution in [0.3, 0.4) is 0 Å². The van der Waals surface area contributed by atoms with Crippen molar-refractivity contribution >= 4 is 21.6 Å². The van der Waals surface area contributed by atoms with Crippen LogP contribution in [0.15, 0.2) is 40.9 Å². The van der Waals surface area contributed by atoms with E-state index in [9.17, 15) is 0 Å². The molecule has 2 aromatic carbocycles. The van der Waals surface area contributed by atoms with E-state index in [2.05, 4.69) is 21.2 Å². The van der Waals surface area contributed by atoms with Gasteiger partial charge in [0.2, 0.25) is 0 Å². The minimum atomic E-state index is 0.596. The van der Waals surface area contributed by atoms with E-state index < -0.39 is 0 Å². The van der Waals surface area contributed by atoms with Gasteiger partial charge in [0.1, 0.15) is 5.75 Å². The molecular formula is C17H20BrNO3. The summed E-state index contributed by atoms with van der Waals surface area (Å²) in [5.74, 6) is 2.30. The number of nitrogens with one attached hydrogen (secondary N) is 1. The van der Waals surface area contributed by atoms with E-state index in [1.165, 1.54) is 0 Å².